The molecule has 0 aliphatic carbocycles. The highest BCUT2D eigenvalue weighted by Gasteiger charge is 2.30. The topological polar surface area (TPSA) is 66.5 Å². The number of benzene rings is 3. The fourth-order valence-electron chi connectivity index (χ4n) is 3.87. The van der Waals surface area contributed by atoms with E-state index in [-0.39, 0.29) is 16.8 Å². The summed E-state index contributed by atoms with van der Waals surface area (Å²) in [5.74, 6) is -0.267. The van der Waals surface area contributed by atoms with Gasteiger partial charge in [0.15, 0.2) is 0 Å². The molecule has 0 bridgehead atoms. The van der Waals surface area contributed by atoms with Crippen LogP contribution in [0.15, 0.2) is 71.6 Å². The predicted octanol–water partition coefficient (Wildman–Crippen LogP) is 4.66. The van der Waals surface area contributed by atoms with Crippen LogP contribution < -0.4 is 5.32 Å². The van der Waals surface area contributed by atoms with Gasteiger partial charge in [0.1, 0.15) is 0 Å². The van der Waals surface area contributed by atoms with Crippen molar-refractivity contribution in [2.75, 3.05) is 11.9 Å². The maximum Gasteiger partial charge on any atom is 0.255 e. The minimum absolute atomic E-state index is 0.00286. The number of amides is 1. The third kappa shape index (κ3) is 3.91. The maximum absolute atomic E-state index is 12.9. The molecular weight excluding hydrogens is 384 g/mol. The van der Waals surface area contributed by atoms with Gasteiger partial charge >= 0.3 is 0 Å². The summed E-state index contributed by atoms with van der Waals surface area (Å²) in [6, 6.07) is 19.8. The molecular formula is C23H24N2O3S. The van der Waals surface area contributed by atoms with E-state index < -0.39 is 10.0 Å². The Morgan fingerprint density at radius 2 is 1.69 bits per heavy atom. The summed E-state index contributed by atoms with van der Waals surface area (Å²) in [6.45, 7) is 2.50. The average molecular weight is 409 g/mol. The van der Waals surface area contributed by atoms with Gasteiger partial charge in [-0.15, -0.1) is 0 Å². The third-order valence-electron chi connectivity index (χ3n) is 5.50. The first kappa shape index (κ1) is 19.6. The Morgan fingerprint density at radius 3 is 2.45 bits per heavy atom. The summed E-state index contributed by atoms with van der Waals surface area (Å²) in [4.78, 5) is 12.9. The second kappa shape index (κ2) is 7.97. The number of fused-ring (bicyclic) bond motifs is 1. The van der Waals surface area contributed by atoms with Crippen molar-refractivity contribution in [3.63, 3.8) is 0 Å². The first-order valence-corrected chi connectivity index (χ1v) is 11.3. The number of carbonyl (C=O) groups excluding carboxylic acids is 1. The number of hydrogen-bond donors (Lipinski definition) is 1. The van der Waals surface area contributed by atoms with Crippen molar-refractivity contribution in [3.05, 3.63) is 72.3 Å². The largest absolute Gasteiger partial charge is 0.321 e. The molecule has 6 heteroatoms. The number of nitrogens with one attached hydrogen (secondary N) is 1. The molecule has 1 fully saturated rings. The van der Waals surface area contributed by atoms with Gasteiger partial charge in [-0.1, -0.05) is 42.8 Å². The fourth-order valence-corrected chi connectivity index (χ4v) is 5.57. The molecule has 1 atom stereocenters. The van der Waals surface area contributed by atoms with Crippen LogP contribution in [0.25, 0.3) is 10.8 Å². The lowest BCUT2D eigenvalue weighted by molar-refractivity contribution is 0.102. The van der Waals surface area contributed by atoms with Crippen LogP contribution in [-0.4, -0.2) is 31.2 Å². The van der Waals surface area contributed by atoms with Crippen LogP contribution in [0, 0.1) is 0 Å². The Morgan fingerprint density at radius 1 is 0.966 bits per heavy atom. The lowest BCUT2D eigenvalue weighted by atomic mass is 10.1. The van der Waals surface area contributed by atoms with E-state index in [9.17, 15) is 13.2 Å². The lowest BCUT2D eigenvalue weighted by Crippen LogP contribution is -2.41. The summed E-state index contributed by atoms with van der Waals surface area (Å²) in [5, 5.41) is 4.93. The average Bonchev–Trinajstić information content (AvgIpc) is 2.74. The van der Waals surface area contributed by atoms with E-state index in [4.69, 9.17) is 0 Å². The van der Waals surface area contributed by atoms with Crippen LogP contribution in [0.5, 0.6) is 0 Å². The van der Waals surface area contributed by atoms with Gasteiger partial charge in [-0.2, -0.15) is 4.31 Å². The second-order valence-corrected chi connectivity index (χ2v) is 9.36. The number of nitrogens with zero attached hydrogens (tertiary/aromatic N) is 1. The number of piperidine rings is 1. The predicted molar refractivity (Wildman–Crippen MR) is 116 cm³/mol. The monoisotopic (exact) mass is 408 g/mol. The van der Waals surface area contributed by atoms with E-state index in [1.54, 1.807) is 16.4 Å². The van der Waals surface area contributed by atoms with Crippen molar-refractivity contribution < 1.29 is 13.2 Å². The van der Waals surface area contributed by atoms with Crippen molar-refractivity contribution in [1.82, 2.24) is 4.31 Å². The zero-order chi connectivity index (χ0) is 20.4. The van der Waals surface area contributed by atoms with Crippen molar-refractivity contribution in [1.29, 1.82) is 0 Å². The summed E-state index contributed by atoms with van der Waals surface area (Å²) >= 11 is 0. The van der Waals surface area contributed by atoms with Crippen molar-refractivity contribution in [2.45, 2.75) is 37.1 Å². The summed E-state index contributed by atoms with van der Waals surface area (Å²) in [6.07, 6.45) is 2.82. The van der Waals surface area contributed by atoms with E-state index in [0.29, 0.717) is 12.1 Å². The molecule has 1 aliphatic rings. The van der Waals surface area contributed by atoms with Crippen molar-refractivity contribution in [2.24, 2.45) is 0 Å². The van der Waals surface area contributed by atoms with Gasteiger partial charge in [0.2, 0.25) is 10.0 Å². The zero-order valence-corrected chi connectivity index (χ0v) is 17.2. The molecule has 5 nitrogen and oxygen atoms in total. The van der Waals surface area contributed by atoms with E-state index in [2.05, 4.69) is 5.32 Å². The van der Waals surface area contributed by atoms with Gasteiger partial charge in [-0.3, -0.25) is 4.79 Å². The number of hydrogen-bond acceptors (Lipinski definition) is 3. The first-order chi connectivity index (χ1) is 14.0. The molecule has 0 saturated carbocycles. The lowest BCUT2D eigenvalue weighted by Gasteiger charge is -2.32. The highest BCUT2D eigenvalue weighted by molar-refractivity contribution is 7.89. The summed E-state index contributed by atoms with van der Waals surface area (Å²) in [5.41, 5.74) is 1.15. The highest BCUT2D eigenvalue weighted by Crippen LogP contribution is 2.26. The Hall–Kier alpha value is -2.70. The molecule has 0 unspecified atom stereocenters. The fraction of sp³-hybridized carbons (Fsp3) is 0.261. The number of rotatable bonds is 4. The molecule has 150 valence electrons. The van der Waals surface area contributed by atoms with Gasteiger partial charge in [-0.05, 0) is 55.5 Å². The van der Waals surface area contributed by atoms with Crippen LogP contribution in [-0.2, 0) is 10.0 Å². The van der Waals surface area contributed by atoms with Gasteiger partial charge < -0.3 is 5.32 Å². The van der Waals surface area contributed by atoms with Gasteiger partial charge in [0.25, 0.3) is 5.91 Å². The highest BCUT2D eigenvalue weighted by atomic mass is 32.2. The number of sulfonamides is 1. The van der Waals surface area contributed by atoms with Crippen LogP contribution in [0.3, 0.4) is 0 Å². The molecule has 1 N–H and O–H groups in total. The smallest absolute Gasteiger partial charge is 0.255 e. The van der Waals surface area contributed by atoms with Gasteiger partial charge in [-0.25, -0.2) is 8.42 Å². The van der Waals surface area contributed by atoms with E-state index in [1.807, 2.05) is 49.4 Å². The Bertz CT molecular complexity index is 1140. The van der Waals surface area contributed by atoms with Crippen molar-refractivity contribution >= 4 is 32.4 Å². The van der Waals surface area contributed by atoms with E-state index in [1.165, 1.54) is 12.1 Å². The molecule has 0 spiro atoms. The normalized spacial score (nSPS) is 17.9. The molecule has 1 heterocycles. The molecule has 0 aromatic heterocycles. The van der Waals surface area contributed by atoms with Crippen LogP contribution >= 0.6 is 0 Å². The minimum Gasteiger partial charge on any atom is -0.321 e. The maximum atomic E-state index is 12.9. The number of carbonyl (C=O) groups is 1. The third-order valence-corrected chi connectivity index (χ3v) is 7.53. The Balaban J connectivity index is 1.55. The second-order valence-electron chi connectivity index (χ2n) is 7.47. The summed E-state index contributed by atoms with van der Waals surface area (Å²) < 4.78 is 27.5. The Labute approximate surface area is 171 Å². The zero-order valence-electron chi connectivity index (χ0n) is 16.3. The quantitative estimate of drug-likeness (QED) is 0.683. The van der Waals surface area contributed by atoms with Crippen LogP contribution in [0.4, 0.5) is 5.69 Å². The molecule has 1 amide bonds. The number of anilines is 1. The van der Waals surface area contributed by atoms with E-state index >= 15 is 0 Å². The Kier molecular flexibility index (Phi) is 5.39. The van der Waals surface area contributed by atoms with Gasteiger partial charge in [0, 0.05) is 29.2 Å². The van der Waals surface area contributed by atoms with Crippen LogP contribution in [0.2, 0.25) is 0 Å². The van der Waals surface area contributed by atoms with Crippen LogP contribution in [0.1, 0.15) is 36.5 Å². The van der Waals surface area contributed by atoms with E-state index in [0.717, 1.165) is 35.7 Å². The molecule has 3 aromatic rings. The molecule has 3 aromatic carbocycles. The molecule has 29 heavy (non-hydrogen) atoms. The standard InChI is InChI=1S/C23H24N2O3S/c1-17-7-4-5-16-25(17)29(27,28)20-14-12-19(13-15-20)23(26)24-22-11-6-9-18-8-2-3-10-21(18)22/h2-3,6,8-15,17H,4-5,7,16H2,1H3,(H,24,26)/t17-/m0/s1. The molecule has 1 saturated heterocycles. The molecule has 4 rings (SSSR count). The summed E-state index contributed by atoms with van der Waals surface area (Å²) in [7, 11) is -3.54. The SMILES string of the molecule is C[C@H]1CCCCN1S(=O)(=O)c1ccc(C(=O)Nc2cccc3ccccc23)cc1. The first-order valence-electron chi connectivity index (χ1n) is 9.88. The molecule has 1 aliphatic heterocycles. The minimum atomic E-state index is -3.54. The van der Waals surface area contributed by atoms with Crippen molar-refractivity contribution in [3.8, 4) is 0 Å². The molecule has 0 radical (unpaired) electrons. The van der Waals surface area contributed by atoms with Gasteiger partial charge in [0.05, 0.1) is 4.90 Å².